The molecule has 0 rings (SSSR count). The van der Waals surface area contributed by atoms with Crippen LogP contribution in [0.1, 0.15) is 39.5 Å². The van der Waals surface area contributed by atoms with Gasteiger partial charge in [-0.05, 0) is 36.9 Å². The Morgan fingerprint density at radius 1 is 1.33 bits per heavy atom. The van der Waals surface area contributed by atoms with Gasteiger partial charge >= 0.3 is 0 Å². The van der Waals surface area contributed by atoms with Crippen LogP contribution >= 0.6 is 12.6 Å². The van der Waals surface area contributed by atoms with Gasteiger partial charge in [-0.2, -0.15) is 12.6 Å². The van der Waals surface area contributed by atoms with E-state index in [9.17, 15) is 0 Å². The van der Waals surface area contributed by atoms with Crippen LogP contribution in [0.25, 0.3) is 0 Å². The first-order chi connectivity index (χ1) is 5.74. The zero-order chi connectivity index (χ0) is 9.45. The maximum Gasteiger partial charge on any atom is 0.145 e. The molecule has 0 N–H and O–H groups in total. The normalized spacial score (nSPS) is 12.2. The third-order valence-corrected chi connectivity index (χ3v) is 3.42. The topological polar surface area (TPSA) is 9.23 Å². The summed E-state index contributed by atoms with van der Waals surface area (Å²) in [5.74, 6) is 1.00. The van der Waals surface area contributed by atoms with E-state index in [2.05, 4.69) is 26.5 Å². The predicted molar refractivity (Wildman–Crippen MR) is 62.0 cm³/mol. The zero-order valence-electron chi connectivity index (χ0n) is 8.60. The minimum absolute atomic E-state index is 0.449. The highest BCUT2D eigenvalue weighted by Crippen LogP contribution is 2.32. The molecule has 12 heavy (non-hydrogen) atoms. The van der Waals surface area contributed by atoms with E-state index in [1.807, 2.05) is 0 Å². The fraction of sp³-hybridized carbons (Fsp3) is 1.00. The Balaban J connectivity index is 3.95. The lowest BCUT2D eigenvalue weighted by molar-refractivity contribution is 0.129. The van der Waals surface area contributed by atoms with Crippen LogP contribution in [0.2, 0.25) is 0 Å². The molecule has 0 radical (unpaired) electrons. The molecule has 0 unspecified atom stereocenters. The second kappa shape index (κ2) is 6.98. The van der Waals surface area contributed by atoms with E-state index in [4.69, 9.17) is 4.43 Å². The zero-order valence-corrected chi connectivity index (χ0v) is 11.5. The molecule has 0 aromatic rings. The fourth-order valence-electron chi connectivity index (χ4n) is 1.64. The minimum Gasteiger partial charge on any atom is -0.427 e. The van der Waals surface area contributed by atoms with E-state index >= 15 is 0 Å². The van der Waals surface area contributed by atoms with Crippen molar-refractivity contribution in [3.63, 3.8) is 0 Å². The lowest BCUT2D eigenvalue weighted by Crippen LogP contribution is -2.25. The summed E-state index contributed by atoms with van der Waals surface area (Å²) in [4.78, 5) is 0. The highest BCUT2D eigenvalue weighted by atomic mass is 32.1. The number of hydrogen-bond acceptors (Lipinski definition) is 2. The van der Waals surface area contributed by atoms with Gasteiger partial charge in [0.1, 0.15) is 10.5 Å². The van der Waals surface area contributed by atoms with Crippen molar-refractivity contribution in [2.75, 3.05) is 12.4 Å². The second-order valence-electron chi connectivity index (χ2n) is 3.47. The Labute approximate surface area is 85.2 Å². The highest BCUT2D eigenvalue weighted by Gasteiger charge is 2.24. The van der Waals surface area contributed by atoms with Crippen LogP contribution in [-0.4, -0.2) is 22.8 Å². The first-order valence-corrected chi connectivity index (χ1v) is 6.29. The van der Waals surface area contributed by atoms with E-state index in [1.54, 1.807) is 0 Å². The average Bonchev–Trinajstić information content (AvgIpc) is 2.13. The Morgan fingerprint density at radius 3 is 2.25 bits per heavy atom. The van der Waals surface area contributed by atoms with Gasteiger partial charge in [0.25, 0.3) is 0 Å². The van der Waals surface area contributed by atoms with E-state index < -0.39 is 0 Å². The molecule has 0 aliphatic heterocycles. The standard InChI is InChI=1S/C9H22OSSi/c1-3-9(4-2,8-10-12)6-5-7-11/h11H,3-8H2,1-2,12H3. The fourth-order valence-corrected chi connectivity index (χ4v) is 2.41. The summed E-state index contributed by atoms with van der Waals surface area (Å²) < 4.78 is 5.40. The summed E-state index contributed by atoms with van der Waals surface area (Å²) in [6.45, 7) is 5.49. The smallest absolute Gasteiger partial charge is 0.145 e. The summed E-state index contributed by atoms with van der Waals surface area (Å²) in [5.41, 5.74) is 0.449. The number of hydrogen-bond donors (Lipinski definition) is 1. The molecule has 0 aromatic carbocycles. The minimum atomic E-state index is 0.449. The molecule has 0 saturated carbocycles. The van der Waals surface area contributed by atoms with Gasteiger partial charge in [-0.1, -0.05) is 13.8 Å². The average molecular weight is 206 g/mol. The van der Waals surface area contributed by atoms with Gasteiger partial charge < -0.3 is 4.43 Å². The summed E-state index contributed by atoms with van der Waals surface area (Å²) in [6.07, 6.45) is 4.96. The van der Waals surface area contributed by atoms with E-state index in [0.717, 1.165) is 22.8 Å². The van der Waals surface area contributed by atoms with Crippen molar-refractivity contribution in [2.45, 2.75) is 39.5 Å². The largest absolute Gasteiger partial charge is 0.427 e. The Bertz CT molecular complexity index is 105. The Kier molecular flexibility index (Phi) is 7.29. The summed E-state index contributed by atoms with van der Waals surface area (Å²) in [5, 5.41) is 0. The van der Waals surface area contributed by atoms with Crippen LogP contribution in [0.3, 0.4) is 0 Å². The van der Waals surface area contributed by atoms with E-state index in [-0.39, 0.29) is 0 Å². The number of rotatable bonds is 7. The quantitative estimate of drug-likeness (QED) is 0.494. The molecular formula is C9H22OSSi. The molecule has 1 nitrogen and oxygen atoms in total. The molecular weight excluding hydrogens is 184 g/mol. The molecule has 0 atom stereocenters. The lowest BCUT2D eigenvalue weighted by atomic mass is 9.79. The predicted octanol–water partition coefficient (Wildman–Crippen LogP) is 1.80. The van der Waals surface area contributed by atoms with Crippen LogP contribution in [0.15, 0.2) is 0 Å². The van der Waals surface area contributed by atoms with Crippen molar-refractivity contribution in [2.24, 2.45) is 5.41 Å². The lowest BCUT2D eigenvalue weighted by Gasteiger charge is -2.31. The summed E-state index contributed by atoms with van der Waals surface area (Å²) in [7, 11) is 0.869. The summed E-state index contributed by atoms with van der Waals surface area (Å²) in [6, 6.07) is 0. The maximum absolute atomic E-state index is 5.40. The van der Waals surface area contributed by atoms with Crippen molar-refractivity contribution >= 4 is 23.1 Å². The maximum atomic E-state index is 5.40. The molecule has 0 aromatic heterocycles. The summed E-state index contributed by atoms with van der Waals surface area (Å²) >= 11 is 4.25. The van der Waals surface area contributed by atoms with Gasteiger partial charge in [0.2, 0.25) is 0 Å². The van der Waals surface area contributed by atoms with Crippen molar-refractivity contribution < 1.29 is 4.43 Å². The first kappa shape index (κ1) is 12.5. The molecule has 0 spiro atoms. The molecule has 0 aliphatic carbocycles. The monoisotopic (exact) mass is 206 g/mol. The molecule has 0 aliphatic rings. The third-order valence-electron chi connectivity index (χ3n) is 2.82. The van der Waals surface area contributed by atoms with Gasteiger partial charge in [-0.25, -0.2) is 0 Å². The first-order valence-electron chi connectivity index (χ1n) is 4.84. The highest BCUT2D eigenvalue weighted by molar-refractivity contribution is 7.80. The van der Waals surface area contributed by atoms with Crippen molar-refractivity contribution in [3.05, 3.63) is 0 Å². The van der Waals surface area contributed by atoms with E-state index in [0.29, 0.717) is 5.41 Å². The molecule has 74 valence electrons. The van der Waals surface area contributed by atoms with Gasteiger partial charge in [-0.15, -0.1) is 0 Å². The molecule has 0 saturated heterocycles. The molecule has 0 heterocycles. The van der Waals surface area contributed by atoms with Gasteiger partial charge in [0, 0.05) is 6.61 Å². The van der Waals surface area contributed by atoms with Crippen LogP contribution in [0, 0.1) is 5.41 Å². The van der Waals surface area contributed by atoms with Crippen molar-refractivity contribution in [1.29, 1.82) is 0 Å². The van der Waals surface area contributed by atoms with Crippen molar-refractivity contribution in [3.8, 4) is 0 Å². The van der Waals surface area contributed by atoms with Crippen molar-refractivity contribution in [1.82, 2.24) is 0 Å². The Morgan fingerprint density at radius 2 is 1.92 bits per heavy atom. The molecule has 3 heteroatoms. The second-order valence-corrected chi connectivity index (χ2v) is 4.49. The van der Waals surface area contributed by atoms with E-state index in [1.165, 1.54) is 25.7 Å². The van der Waals surface area contributed by atoms with Crippen LogP contribution < -0.4 is 0 Å². The van der Waals surface area contributed by atoms with Gasteiger partial charge in [-0.3, -0.25) is 0 Å². The van der Waals surface area contributed by atoms with Gasteiger partial charge in [0.05, 0.1) is 0 Å². The van der Waals surface area contributed by atoms with Crippen LogP contribution in [-0.2, 0) is 4.43 Å². The Hall–Kier alpha value is 0.527. The molecule has 0 amide bonds. The van der Waals surface area contributed by atoms with Crippen LogP contribution in [0.4, 0.5) is 0 Å². The molecule has 0 bridgehead atoms. The number of thiol groups is 1. The van der Waals surface area contributed by atoms with Gasteiger partial charge in [0.15, 0.2) is 0 Å². The SMILES string of the molecule is CCC(CC)(CCCS)CO[SiH3]. The third kappa shape index (κ3) is 3.96. The molecule has 0 fully saturated rings. The van der Waals surface area contributed by atoms with Crippen LogP contribution in [0.5, 0.6) is 0 Å².